The number of halogens is 1. The topological polar surface area (TPSA) is 51.2 Å². The van der Waals surface area contributed by atoms with Gasteiger partial charge in [0.15, 0.2) is 5.96 Å². The minimum Gasteiger partial charge on any atom is -0.357 e. The molecule has 2 heterocycles. The highest BCUT2D eigenvalue weighted by Gasteiger charge is 2.31. The Morgan fingerprint density at radius 2 is 1.75 bits per heavy atom. The zero-order chi connectivity index (χ0) is 19.3. The SMILES string of the molecule is CCNC(=NCCN1CCN(C(=O)C2CCCC2)CC1)N1CCC(C)(C)C1.I. The molecule has 0 atom stereocenters. The fraction of sp³-hybridized carbons (Fsp3) is 0.905. The summed E-state index contributed by atoms with van der Waals surface area (Å²) in [4.78, 5) is 24.4. The van der Waals surface area contributed by atoms with E-state index in [1.165, 1.54) is 19.3 Å². The van der Waals surface area contributed by atoms with Gasteiger partial charge in [0.05, 0.1) is 6.54 Å². The van der Waals surface area contributed by atoms with Gasteiger partial charge in [0, 0.05) is 58.3 Å². The number of guanidine groups is 1. The van der Waals surface area contributed by atoms with Gasteiger partial charge in [-0.25, -0.2) is 0 Å². The van der Waals surface area contributed by atoms with Gasteiger partial charge in [0.25, 0.3) is 0 Å². The van der Waals surface area contributed by atoms with Gasteiger partial charge < -0.3 is 15.1 Å². The van der Waals surface area contributed by atoms with E-state index in [1.54, 1.807) is 0 Å². The predicted molar refractivity (Wildman–Crippen MR) is 126 cm³/mol. The number of carbonyl (C=O) groups is 1. The van der Waals surface area contributed by atoms with Crippen molar-refractivity contribution in [1.29, 1.82) is 0 Å². The molecular formula is C21H40IN5O. The zero-order valence-electron chi connectivity index (χ0n) is 18.1. The number of nitrogens with one attached hydrogen (secondary N) is 1. The summed E-state index contributed by atoms with van der Waals surface area (Å²) in [6.45, 7) is 15.5. The van der Waals surface area contributed by atoms with E-state index in [1.807, 2.05) is 0 Å². The van der Waals surface area contributed by atoms with Gasteiger partial charge in [-0.05, 0) is 31.6 Å². The minimum absolute atomic E-state index is 0. The molecule has 0 aromatic carbocycles. The van der Waals surface area contributed by atoms with Gasteiger partial charge in [-0.1, -0.05) is 26.7 Å². The number of carbonyl (C=O) groups excluding carboxylic acids is 1. The number of hydrogen-bond donors (Lipinski definition) is 1. The standard InChI is InChI=1S/C21H39N5O.HI/c1-4-22-20(26-11-9-21(2,3)17-26)23-10-12-24-13-15-25(16-14-24)19(27)18-7-5-6-8-18;/h18H,4-17H2,1-3H3,(H,22,23);1H. The molecule has 7 heteroatoms. The van der Waals surface area contributed by atoms with Crippen molar-refractivity contribution >= 4 is 35.8 Å². The number of aliphatic imine (C=N–C) groups is 1. The maximum atomic E-state index is 12.6. The monoisotopic (exact) mass is 505 g/mol. The van der Waals surface area contributed by atoms with Crippen LogP contribution < -0.4 is 5.32 Å². The summed E-state index contributed by atoms with van der Waals surface area (Å²) in [7, 11) is 0. The third-order valence-corrected chi connectivity index (χ3v) is 6.38. The molecule has 1 aliphatic carbocycles. The highest BCUT2D eigenvalue weighted by molar-refractivity contribution is 14.0. The molecule has 3 fully saturated rings. The Hall–Kier alpha value is -0.570. The van der Waals surface area contributed by atoms with Crippen LogP contribution in [0.5, 0.6) is 0 Å². The number of piperazine rings is 1. The Morgan fingerprint density at radius 3 is 2.32 bits per heavy atom. The lowest BCUT2D eigenvalue weighted by molar-refractivity contribution is -0.137. The van der Waals surface area contributed by atoms with Crippen molar-refractivity contribution in [2.75, 3.05) is 58.9 Å². The largest absolute Gasteiger partial charge is 0.357 e. The normalized spacial score (nSPS) is 23.8. The number of nitrogens with zero attached hydrogens (tertiary/aromatic N) is 4. The van der Waals surface area contributed by atoms with Crippen molar-refractivity contribution in [3.8, 4) is 0 Å². The highest BCUT2D eigenvalue weighted by Crippen LogP contribution is 2.29. The molecule has 2 aliphatic heterocycles. The molecule has 1 amide bonds. The Morgan fingerprint density at radius 1 is 1.07 bits per heavy atom. The van der Waals surface area contributed by atoms with E-state index >= 15 is 0 Å². The summed E-state index contributed by atoms with van der Waals surface area (Å²) in [6.07, 6.45) is 5.91. The van der Waals surface area contributed by atoms with Crippen LogP contribution in [0.15, 0.2) is 4.99 Å². The number of likely N-dealkylation sites (tertiary alicyclic amines) is 1. The molecule has 28 heavy (non-hydrogen) atoms. The second kappa shape index (κ2) is 11.0. The summed E-state index contributed by atoms with van der Waals surface area (Å²) in [5, 5.41) is 3.46. The smallest absolute Gasteiger partial charge is 0.225 e. The van der Waals surface area contributed by atoms with Crippen LogP contribution in [0.1, 0.15) is 52.9 Å². The van der Waals surface area contributed by atoms with Crippen LogP contribution >= 0.6 is 24.0 Å². The number of hydrogen-bond acceptors (Lipinski definition) is 3. The van der Waals surface area contributed by atoms with Crippen molar-refractivity contribution in [1.82, 2.24) is 20.0 Å². The van der Waals surface area contributed by atoms with E-state index in [2.05, 4.69) is 40.8 Å². The molecule has 3 rings (SSSR count). The maximum absolute atomic E-state index is 12.6. The number of amides is 1. The second-order valence-electron chi connectivity index (χ2n) is 9.22. The lowest BCUT2D eigenvalue weighted by Gasteiger charge is -2.35. The molecule has 0 radical (unpaired) electrons. The van der Waals surface area contributed by atoms with Gasteiger partial charge in [-0.3, -0.25) is 14.7 Å². The van der Waals surface area contributed by atoms with Gasteiger partial charge in [-0.2, -0.15) is 0 Å². The van der Waals surface area contributed by atoms with Crippen LogP contribution in [0.3, 0.4) is 0 Å². The Balaban J connectivity index is 0.00000280. The first-order chi connectivity index (χ1) is 13.0. The van der Waals surface area contributed by atoms with Crippen LogP contribution in [0.2, 0.25) is 0 Å². The maximum Gasteiger partial charge on any atom is 0.225 e. The fourth-order valence-electron chi connectivity index (χ4n) is 4.64. The summed E-state index contributed by atoms with van der Waals surface area (Å²) < 4.78 is 0. The summed E-state index contributed by atoms with van der Waals surface area (Å²) in [5.74, 6) is 1.79. The molecule has 3 aliphatic rings. The van der Waals surface area contributed by atoms with E-state index in [0.717, 1.165) is 77.7 Å². The molecule has 2 saturated heterocycles. The molecule has 162 valence electrons. The van der Waals surface area contributed by atoms with Crippen molar-refractivity contribution in [2.45, 2.75) is 52.9 Å². The Kier molecular flexibility index (Phi) is 9.31. The molecular weight excluding hydrogens is 465 g/mol. The molecule has 0 aromatic heterocycles. The molecule has 0 bridgehead atoms. The molecule has 0 spiro atoms. The lowest BCUT2D eigenvalue weighted by Crippen LogP contribution is -2.50. The third-order valence-electron chi connectivity index (χ3n) is 6.38. The van der Waals surface area contributed by atoms with Gasteiger partial charge in [0.1, 0.15) is 0 Å². The fourth-order valence-corrected chi connectivity index (χ4v) is 4.64. The Labute approximate surface area is 188 Å². The highest BCUT2D eigenvalue weighted by atomic mass is 127. The van der Waals surface area contributed by atoms with Crippen LogP contribution in [-0.2, 0) is 4.79 Å². The average molecular weight is 505 g/mol. The van der Waals surface area contributed by atoms with Crippen molar-refractivity contribution in [2.24, 2.45) is 16.3 Å². The first-order valence-corrected chi connectivity index (χ1v) is 11.0. The van der Waals surface area contributed by atoms with Crippen LogP contribution in [0.4, 0.5) is 0 Å². The molecule has 6 nitrogen and oxygen atoms in total. The third kappa shape index (κ3) is 6.47. The number of rotatable bonds is 5. The Bertz CT molecular complexity index is 525. The summed E-state index contributed by atoms with van der Waals surface area (Å²) in [6, 6.07) is 0. The van der Waals surface area contributed by atoms with E-state index < -0.39 is 0 Å². The quantitative estimate of drug-likeness (QED) is 0.355. The first-order valence-electron chi connectivity index (χ1n) is 11.0. The van der Waals surface area contributed by atoms with Crippen LogP contribution in [-0.4, -0.2) is 85.5 Å². The van der Waals surface area contributed by atoms with Crippen LogP contribution in [0.25, 0.3) is 0 Å². The lowest BCUT2D eigenvalue weighted by atomic mass is 9.93. The zero-order valence-corrected chi connectivity index (χ0v) is 20.4. The summed E-state index contributed by atoms with van der Waals surface area (Å²) >= 11 is 0. The minimum atomic E-state index is 0. The summed E-state index contributed by atoms with van der Waals surface area (Å²) in [5.41, 5.74) is 0.387. The van der Waals surface area contributed by atoms with E-state index in [9.17, 15) is 4.79 Å². The molecule has 0 aromatic rings. The van der Waals surface area contributed by atoms with Crippen molar-refractivity contribution < 1.29 is 4.79 Å². The van der Waals surface area contributed by atoms with Gasteiger partial charge in [0.2, 0.25) is 5.91 Å². The average Bonchev–Trinajstić information content (AvgIpc) is 3.30. The first kappa shape index (κ1) is 23.7. The molecule has 1 N–H and O–H groups in total. The van der Waals surface area contributed by atoms with Gasteiger partial charge >= 0.3 is 0 Å². The second-order valence-corrected chi connectivity index (χ2v) is 9.22. The molecule has 0 unspecified atom stereocenters. The van der Waals surface area contributed by atoms with Crippen molar-refractivity contribution in [3.05, 3.63) is 0 Å². The van der Waals surface area contributed by atoms with E-state index in [-0.39, 0.29) is 24.0 Å². The van der Waals surface area contributed by atoms with Crippen LogP contribution in [0, 0.1) is 11.3 Å². The van der Waals surface area contributed by atoms with E-state index in [4.69, 9.17) is 4.99 Å². The van der Waals surface area contributed by atoms with Gasteiger partial charge in [-0.15, -0.1) is 24.0 Å². The molecule has 1 saturated carbocycles. The van der Waals surface area contributed by atoms with E-state index in [0.29, 0.717) is 17.2 Å². The van der Waals surface area contributed by atoms with Crippen molar-refractivity contribution in [3.63, 3.8) is 0 Å². The predicted octanol–water partition coefficient (Wildman–Crippen LogP) is 2.64.